The van der Waals surface area contributed by atoms with E-state index < -0.39 is 0 Å². The lowest BCUT2D eigenvalue weighted by Gasteiger charge is -2.12. The van der Waals surface area contributed by atoms with E-state index in [1.807, 2.05) is 25.1 Å². The van der Waals surface area contributed by atoms with Crippen LogP contribution in [0.25, 0.3) is 0 Å². The van der Waals surface area contributed by atoms with Crippen LogP contribution in [0.1, 0.15) is 41.6 Å². The molecule has 0 fully saturated rings. The Kier molecular flexibility index (Phi) is 3.62. The molecule has 0 aromatic heterocycles. The monoisotopic (exact) mass is 230 g/mol. The molecule has 2 heteroatoms. The zero-order valence-corrected chi connectivity index (χ0v) is 10.5. The van der Waals surface area contributed by atoms with E-state index in [0.29, 0.717) is 0 Å². The van der Waals surface area contributed by atoms with E-state index in [4.69, 9.17) is 4.74 Å². The van der Waals surface area contributed by atoms with Gasteiger partial charge in [0.2, 0.25) is 0 Å². The first kappa shape index (κ1) is 11.9. The molecular formula is C15H18O2. The molecule has 0 bridgehead atoms. The second kappa shape index (κ2) is 5.17. The summed E-state index contributed by atoms with van der Waals surface area (Å²) in [5.74, 6) is 0.940. The zero-order valence-electron chi connectivity index (χ0n) is 10.5. The number of hydrogen-bond acceptors (Lipinski definition) is 2. The van der Waals surface area contributed by atoms with Crippen molar-refractivity contribution in [1.29, 1.82) is 0 Å². The highest BCUT2D eigenvalue weighted by atomic mass is 16.5. The molecule has 0 radical (unpaired) electrons. The lowest BCUT2D eigenvalue weighted by atomic mass is 9.92. The fourth-order valence-corrected chi connectivity index (χ4v) is 2.19. The Morgan fingerprint density at radius 1 is 1.29 bits per heavy atom. The van der Waals surface area contributed by atoms with Crippen LogP contribution in [-0.2, 0) is 0 Å². The van der Waals surface area contributed by atoms with Crippen molar-refractivity contribution in [2.75, 3.05) is 7.11 Å². The van der Waals surface area contributed by atoms with E-state index in [1.54, 1.807) is 7.11 Å². The van der Waals surface area contributed by atoms with Gasteiger partial charge in [0.1, 0.15) is 5.75 Å². The van der Waals surface area contributed by atoms with Gasteiger partial charge in [0.15, 0.2) is 5.78 Å². The van der Waals surface area contributed by atoms with E-state index >= 15 is 0 Å². The van der Waals surface area contributed by atoms with Crippen molar-refractivity contribution in [3.8, 4) is 5.75 Å². The minimum Gasteiger partial charge on any atom is -0.496 e. The van der Waals surface area contributed by atoms with Crippen molar-refractivity contribution in [1.82, 2.24) is 0 Å². The van der Waals surface area contributed by atoms with E-state index in [0.717, 1.165) is 41.7 Å². The SMILES string of the molecule is COc1cc(C(=O)C2=CCCCC2)ccc1C. The van der Waals surface area contributed by atoms with Crippen LogP contribution in [0.3, 0.4) is 0 Å². The quantitative estimate of drug-likeness (QED) is 0.740. The molecule has 2 rings (SSSR count). The molecule has 2 nitrogen and oxygen atoms in total. The van der Waals surface area contributed by atoms with Gasteiger partial charge in [-0.3, -0.25) is 4.79 Å². The number of ether oxygens (including phenoxy) is 1. The summed E-state index contributed by atoms with van der Waals surface area (Å²) >= 11 is 0. The van der Waals surface area contributed by atoms with Crippen LogP contribution in [0, 0.1) is 6.92 Å². The van der Waals surface area contributed by atoms with E-state index in [-0.39, 0.29) is 5.78 Å². The Balaban J connectivity index is 2.27. The Bertz CT molecular complexity index is 458. The maximum absolute atomic E-state index is 12.3. The molecule has 1 aliphatic carbocycles. The van der Waals surface area contributed by atoms with Crippen LogP contribution in [0.5, 0.6) is 5.75 Å². The topological polar surface area (TPSA) is 26.3 Å². The molecule has 0 amide bonds. The van der Waals surface area contributed by atoms with Crippen LogP contribution < -0.4 is 4.74 Å². The van der Waals surface area contributed by atoms with Crippen molar-refractivity contribution in [2.45, 2.75) is 32.6 Å². The highest BCUT2D eigenvalue weighted by Gasteiger charge is 2.15. The number of hydrogen-bond donors (Lipinski definition) is 0. The van der Waals surface area contributed by atoms with Crippen LogP contribution in [0.15, 0.2) is 29.8 Å². The molecule has 17 heavy (non-hydrogen) atoms. The second-order valence-corrected chi connectivity index (χ2v) is 4.49. The Labute approximate surface area is 102 Å². The number of carbonyl (C=O) groups excluding carboxylic acids is 1. The highest BCUT2D eigenvalue weighted by Crippen LogP contribution is 2.24. The number of rotatable bonds is 3. The van der Waals surface area contributed by atoms with Gasteiger partial charge in [-0.25, -0.2) is 0 Å². The maximum Gasteiger partial charge on any atom is 0.188 e. The van der Waals surface area contributed by atoms with Gasteiger partial charge < -0.3 is 4.74 Å². The lowest BCUT2D eigenvalue weighted by molar-refractivity contribution is 0.102. The zero-order chi connectivity index (χ0) is 12.3. The van der Waals surface area contributed by atoms with Gasteiger partial charge in [-0.1, -0.05) is 18.2 Å². The molecule has 90 valence electrons. The third-order valence-electron chi connectivity index (χ3n) is 3.25. The average molecular weight is 230 g/mol. The average Bonchev–Trinajstić information content (AvgIpc) is 2.39. The number of ketones is 1. The minimum atomic E-state index is 0.156. The molecule has 0 spiro atoms. The summed E-state index contributed by atoms with van der Waals surface area (Å²) in [7, 11) is 1.64. The fraction of sp³-hybridized carbons (Fsp3) is 0.400. The molecule has 1 aromatic rings. The number of aryl methyl sites for hydroxylation is 1. The molecule has 0 saturated heterocycles. The first-order chi connectivity index (χ1) is 8.22. The second-order valence-electron chi connectivity index (χ2n) is 4.49. The molecule has 0 unspecified atom stereocenters. The number of methoxy groups -OCH3 is 1. The van der Waals surface area contributed by atoms with E-state index in [9.17, 15) is 4.79 Å². The molecular weight excluding hydrogens is 212 g/mol. The Morgan fingerprint density at radius 3 is 2.76 bits per heavy atom. The summed E-state index contributed by atoms with van der Waals surface area (Å²) in [5, 5.41) is 0. The van der Waals surface area contributed by atoms with Crippen LogP contribution >= 0.6 is 0 Å². The van der Waals surface area contributed by atoms with E-state index in [2.05, 4.69) is 6.08 Å². The lowest BCUT2D eigenvalue weighted by Crippen LogP contribution is -2.06. The third-order valence-corrected chi connectivity index (χ3v) is 3.25. The fourth-order valence-electron chi connectivity index (χ4n) is 2.19. The predicted octanol–water partition coefficient (Wildman–Crippen LogP) is 3.69. The summed E-state index contributed by atoms with van der Waals surface area (Å²) in [5.41, 5.74) is 2.75. The van der Waals surface area contributed by atoms with Gasteiger partial charge in [0.05, 0.1) is 7.11 Å². The molecule has 0 N–H and O–H groups in total. The van der Waals surface area contributed by atoms with Crippen LogP contribution in [0.4, 0.5) is 0 Å². The van der Waals surface area contributed by atoms with Gasteiger partial charge in [-0.2, -0.15) is 0 Å². The summed E-state index contributed by atoms with van der Waals surface area (Å²) in [6.45, 7) is 1.98. The summed E-state index contributed by atoms with van der Waals surface area (Å²) in [4.78, 5) is 12.3. The van der Waals surface area contributed by atoms with Gasteiger partial charge in [-0.05, 0) is 49.8 Å². The first-order valence-corrected chi connectivity index (χ1v) is 6.11. The maximum atomic E-state index is 12.3. The molecule has 0 heterocycles. The number of benzene rings is 1. The van der Waals surface area contributed by atoms with Crippen LogP contribution in [0.2, 0.25) is 0 Å². The molecule has 1 aromatic carbocycles. The van der Waals surface area contributed by atoms with Crippen molar-refractivity contribution in [2.24, 2.45) is 0 Å². The van der Waals surface area contributed by atoms with Gasteiger partial charge in [0.25, 0.3) is 0 Å². The number of Topliss-reactive ketones (excluding diaryl/α,β-unsaturated/α-hetero) is 1. The van der Waals surface area contributed by atoms with Gasteiger partial charge in [-0.15, -0.1) is 0 Å². The molecule has 0 saturated carbocycles. The van der Waals surface area contributed by atoms with Gasteiger partial charge in [0, 0.05) is 5.56 Å². The third kappa shape index (κ3) is 2.57. The normalized spacial score (nSPS) is 15.3. The molecule has 0 atom stereocenters. The summed E-state index contributed by atoms with van der Waals surface area (Å²) in [6.07, 6.45) is 6.35. The van der Waals surface area contributed by atoms with E-state index in [1.165, 1.54) is 6.42 Å². The summed E-state index contributed by atoms with van der Waals surface area (Å²) < 4.78 is 5.25. The largest absolute Gasteiger partial charge is 0.496 e. The Hall–Kier alpha value is -1.57. The van der Waals surface area contributed by atoms with Crippen molar-refractivity contribution >= 4 is 5.78 Å². The van der Waals surface area contributed by atoms with Crippen molar-refractivity contribution < 1.29 is 9.53 Å². The van der Waals surface area contributed by atoms with Crippen LogP contribution in [-0.4, -0.2) is 12.9 Å². The van der Waals surface area contributed by atoms with Gasteiger partial charge >= 0.3 is 0 Å². The number of carbonyl (C=O) groups is 1. The first-order valence-electron chi connectivity index (χ1n) is 6.11. The van der Waals surface area contributed by atoms with Crippen molar-refractivity contribution in [3.05, 3.63) is 41.0 Å². The molecule has 1 aliphatic rings. The molecule has 0 aliphatic heterocycles. The Morgan fingerprint density at radius 2 is 2.12 bits per heavy atom. The number of allylic oxidation sites excluding steroid dienone is 2. The minimum absolute atomic E-state index is 0.156. The standard InChI is InChI=1S/C15H18O2/c1-11-8-9-13(10-14(11)17-2)15(16)12-6-4-3-5-7-12/h6,8-10H,3-5,7H2,1-2H3. The highest BCUT2D eigenvalue weighted by molar-refractivity contribution is 6.09. The predicted molar refractivity (Wildman–Crippen MR) is 68.6 cm³/mol. The summed E-state index contributed by atoms with van der Waals surface area (Å²) in [6, 6.07) is 5.66. The van der Waals surface area contributed by atoms with Crippen molar-refractivity contribution in [3.63, 3.8) is 0 Å². The smallest absolute Gasteiger partial charge is 0.188 e.